The highest BCUT2D eigenvalue weighted by Gasteiger charge is 2.35. The summed E-state index contributed by atoms with van der Waals surface area (Å²) in [7, 11) is 0. The number of carbonyl (C=O) groups excluding carboxylic acids is 1. The average molecular weight is 405 g/mol. The Labute approximate surface area is 180 Å². The van der Waals surface area contributed by atoms with Crippen molar-refractivity contribution in [3.63, 3.8) is 0 Å². The van der Waals surface area contributed by atoms with Crippen LogP contribution in [0.3, 0.4) is 0 Å². The zero-order valence-electron chi connectivity index (χ0n) is 19.5. The normalized spacial score (nSPS) is 35.9. The van der Waals surface area contributed by atoms with Gasteiger partial charge < -0.3 is 4.74 Å². The third-order valence-corrected chi connectivity index (χ3v) is 8.73. The first-order chi connectivity index (χ1) is 14.2. The summed E-state index contributed by atoms with van der Waals surface area (Å²) in [6.07, 6.45) is 24.4. The van der Waals surface area contributed by atoms with Crippen LogP contribution in [0.15, 0.2) is 0 Å². The van der Waals surface area contributed by atoms with Gasteiger partial charge in [0.15, 0.2) is 0 Å². The molecule has 29 heavy (non-hydrogen) atoms. The zero-order valence-corrected chi connectivity index (χ0v) is 19.5. The molecule has 0 saturated heterocycles. The monoisotopic (exact) mass is 404 g/mol. The summed E-state index contributed by atoms with van der Waals surface area (Å²) >= 11 is 0. The SMILES string of the molecule is CCCCC[C@H]1CC[C@H]([C@H]2CC[C@H]([C@H]3CC[C@H](OC(=O)CCC)CC3)CC2)CC1. The summed E-state index contributed by atoms with van der Waals surface area (Å²) in [5, 5.41) is 0. The van der Waals surface area contributed by atoms with Crippen molar-refractivity contribution < 1.29 is 9.53 Å². The number of rotatable bonds is 9. The lowest BCUT2D eigenvalue weighted by molar-refractivity contribution is -0.151. The number of esters is 1. The van der Waals surface area contributed by atoms with Crippen LogP contribution in [-0.4, -0.2) is 12.1 Å². The lowest BCUT2D eigenvalue weighted by Crippen LogP contribution is -2.31. The van der Waals surface area contributed by atoms with Crippen molar-refractivity contribution in [2.24, 2.45) is 29.6 Å². The lowest BCUT2D eigenvalue weighted by Gasteiger charge is -2.41. The Balaban J connectivity index is 1.31. The van der Waals surface area contributed by atoms with Gasteiger partial charge in [-0.2, -0.15) is 0 Å². The zero-order chi connectivity index (χ0) is 20.5. The quantitative estimate of drug-likeness (QED) is 0.287. The van der Waals surface area contributed by atoms with E-state index in [0.29, 0.717) is 6.42 Å². The molecule has 3 rings (SSSR count). The molecule has 3 aliphatic carbocycles. The van der Waals surface area contributed by atoms with Crippen molar-refractivity contribution in [2.45, 2.75) is 136 Å². The van der Waals surface area contributed by atoms with Crippen molar-refractivity contribution >= 4 is 5.97 Å². The lowest BCUT2D eigenvalue weighted by atomic mass is 9.65. The van der Waals surface area contributed by atoms with Crippen LogP contribution in [0.1, 0.15) is 129 Å². The maximum absolute atomic E-state index is 11.7. The van der Waals surface area contributed by atoms with Gasteiger partial charge >= 0.3 is 5.97 Å². The Morgan fingerprint density at radius 2 is 1.14 bits per heavy atom. The number of hydrogen-bond acceptors (Lipinski definition) is 2. The minimum Gasteiger partial charge on any atom is -0.462 e. The third-order valence-electron chi connectivity index (χ3n) is 8.73. The maximum Gasteiger partial charge on any atom is 0.306 e. The molecule has 0 aromatic heterocycles. The molecule has 2 nitrogen and oxygen atoms in total. The van der Waals surface area contributed by atoms with E-state index in [1.807, 2.05) is 6.92 Å². The average Bonchev–Trinajstić information content (AvgIpc) is 2.75. The van der Waals surface area contributed by atoms with Gasteiger partial charge in [0.25, 0.3) is 0 Å². The third kappa shape index (κ3) is 7.28. The molecule has 3 aliphatic rings. The van der Waals surface area contributed by atoms with Gasteiger partial charge in [0.05, 0.1) is 0 Å². The van der Waals surface area contributed by atoms with E-state index >= 15 is 0 Å². The largest absolute Gasteiger partial charge is 0.462 e. The molecule has 0 aromatic rings. The predicted molar refractivity (Wildman–Crippen MR) is 122 cm³/mol. The van der Waals surface area contributed by atoms with E-state index in [0.717, 1.165) is 48.9 Å². The minimum atomic E-state index is 0.0246. The molecule has 3 saturated carbocycles. The van der Waals surface area contributed by atoms with Gasteiger partial charge in [0.2, 0.25) is 0 Å². The topological polar surface area (TPSA) is 26.3 Å². The number of hydrogen-bond donors (Lipinski definition) is 0. The van der Waals surface area contributed by atoms with Crippen molar-refractivity contribution in [1.29, 1.82) is 0 Å². The highest BCUT2D eigenvalue weighted by atomic mass is 16.5. The van der Waals surface area contributed by atoms with Crippen molar-refractivity contribution in [3.8, 4) is 0 Å². The van der Waals surface area contributed by atoms with Gasteiger partial charge in [-0.1, -0.05) is 52.4 Å². The molecule has 0 radical (unpaired) electrons. The van der Waals surface area contributed by atoms with E-state index in [9.17, 15) is 4.79 Å². The molecule has 0 heterocycles. The molecule has 2 heteroatoms. The molecule has 168 valence electrons. The van der Waals surface area contributed by atoms with Crippen LogP contribution in [0.25, 0.3) is 0 Å². The summed E-state index contributed by atoms with van der Waals surface area (Å²) in [5.74, 6) is 5.03. The van der Waals surface area contributed by atoms with Gasteiger partial charge in [-0.05, 0) is 100 Å². The van der Waals surface area contributed by atoms with Gasteiger partial charge in [-0.3, -0.25) is 4.79 Å². The highest BCUT2D eigenvalue weighted by Crippen LogP contribution is 2.46. The molecule has 0 amide bonds. The molecule has 3 fully saturated rings. The van der Waals surface area contributed by atoms with E-state index in [4.69, 9.17) is 4.74 Å². The Bertz CT molecular complexity index is 449. The molecular weight excluding hydrogens is 356 g/mol. The first kappa shape index (κ1) is 23.1. The summed E-state index contributed by atoms with van der Waals surface area (Å²) in [5.41, 5.74) is 0. The Hall–Kier alpha value is -0.530. The second-order valence-electron chi connectivity index (χ2n) is 10.7. The van der Waals surface area contributed by atoms with Crippen molar-refractivity contribution in [2.75, 3.05) is 0 Å². The first-order valence-electron chi connectivity index (χ1n) is 13.4. The number of ether oxygens (including phenoxy) is 1. The van der Waals surface area contributed by atoms with Crippen LogP contribution >= 0.6 is 0 Å². The Morgan fingerprint density at radius 1 is 0.655 bits per heavy atom. The molecule has 0 spiro atoms. The van der Waals surface area contributed by atoms with Crippen molar-refractivity contribution in [3.05, 3.63) is 0 Å². The van der Waals surface area contributed by atoms with Gasteiger partial charge in [-0.15, -0.1) is 0 Å². The van der Waals surface area contributed by atoms with Crippen LogP contribution in [0.4, 0.5) is 0 Å². The molecule has 0 atom stereocenters. The maximum atomic E-state index is 11.7. The van der Waals surface area contributed by atoms with Gasteiger partial charge in [-0.25, -0.2) is 0 Å². The van der Waals surface area contributed by atoms with Gasteiger partial charge in [0.1, 0.15) is 6.10 Å². The molecule has 0 bridgehead atoms. The molecule has 0 N–H and O–H groups in total. The van der Waals surface area contributed by atoms with Crippen molar-refractivity contribution in [1.82, 2.24) is 0 Å². The molecular formula is C27H48O2. The van der Waals surface area contributed by atoms with E-state index < -0.39 is 0 Å². The van der Waals surface area contributed by atoms with E-state index in [1.165, 1.54) is 89.9 Å². The fraction of sp³-hybridized carbons (Fsp3) is 0.963. The fourth-order valence-corrected chi connectivity index (χ4v) is 6.85. The fourth-order valence-electron chi connectivity index (χ4n) is 6.85. The minimum absolute atomic E-state index is 0.0246. The second-order valence-corrected chi connectivity index (χ2v) is 10.7. The van der Waals surface area contributed by atoms with E-state index in [1.54, 1.807) is 0 Å². The molecule has 0 aromatic carbocycles. The van der Waals surface area contributed by atoms with Crippen LogP contribution in [0.5, 0.6) is 0 Å². The van der Waals surface area contributed by atoms with Crippen LogP contribution < -0.4 is 0 Å². The summed E-state index contributed by atoms with van der Waals surface area (Å²) in [6.45, 7) is 4.37. The van der Waals surface area contributed by atoms with Gasteiger partial charge in [0, 0.05) is 6.42 Å². The predicted octanol–water partition coefficient (Wildman–Crippen LogP) is 8.08. The Morgan fingerprint density at radius 3 is 1.62 bits per heavy atom. The van der Waals surface area contributed by atoms with Crippen LogP contribution in [-0.2, 0) is 9.53 Å². The number of carbonyl (C=O) groups is 1. The summed E-state index contributed by atoms with van der Waals surface area (Å²) in [6, 6.07) is 0. The highest BCUT2D eigenvalue weighted by molar-refractivity contribution is 5.69. The van der Waals surface area contributed by atoms with E-state index in [2.05, 4.69) is 6.92 Å². The summed E-state index contributed by atoms with van der Waals surface area (Å²) < 4.78 is 5.66. The van der Waals surface area contributed by atoms with E-state index in [-0.39, 0.29) is 12.1 Å². The second kappa shape index (κ2) is 12.4. The van der Waals surface area contributed by atoms with Crippen LogP contribution in [0, 0.1) is 29.6 Å². The smallest absolute Gasteiger partial charge is 0.306 e. The standard InChI is InChI=1S/C27H48O2/c1-3-5-6-8-21-9-11-22(12-10-21)23-13-15-24(16-14-23)25-17-19-26(20-18-25)29-27(28)7-4-2/h21-26H,3-20H2,1-2H3/t21-,22-,23-,24-,25-,26-. The number of unbranched alkanes of at least 4 members (excludes halogenated alkanes) is 2. The first-order valence-corrected chi connectivity index (χ1v) is 13.4. The van der Waals surface area contributed by atoms with Crippen LogP contribution in [0.2, 0.25) is 0 Å². The molecule has 0 aliphatic heterocycles. The Kier molecular flexibility index (Phi) is 9.86. The molecule has 0 unspecified atom stereocenters. The summed E-state index contributed by atoms with van der Waals surface area (Å²) in [4.78, 5) is 11.7.